The van der Waals surface area contributed by atoms with Crippen LogP contribution in [-0.4, -0.2) is 15.2 Å². The highest BCUT2D eigenvalue weighted by atomic mass is 79.9. The normalized spacial score (nSPS) is 17.4. The van der Waals surface area contributed by atoms with Gasteiger partial charge in [-0.15, -0.1) is 0 Å². The van der Waals surface area contributed by atoms with Crippen LogP contribution in [0.15, 0.2) is 4.47 Å². The van der Waals surface area contributed by atoms with Crippen LogP contribution in [-0.2, 0) is 5.75 Å². The molecule has 1 saturated carbocycles. The van der Waals surface area contributed by atoms with Gasteiger partial charge in [-0.25, -0.2) is 9.97 Å². The minimum atomic E-state index is 0.525. The molecule has 1 aliphatic rings. The lowest BCUT2D eigenvalue weighted by Gasteiger charge is -2.20. The van der Waals surface area contributed by atoms with Crippen LogP contribution in [0.2, 0.25) is 5.15 Å². The van der Waals surface area contributed by atoms with Gasteiger partial charge in [0.1, 0.15) is 11.0 Å². The molecule has 5 heteroatoms. The Morgan fingerprint density at radius 2 is 2.00 bits per heavy atom. The quantitative estimate of drug-likeness (QED) is 0.744. The monoisotopic (exact) mass is 334 g/mol. The zero-order valence-corrected chi connectivity index (χ0v) is 13.0. The van der Waals surface area contributed by atoms with Crippen LogP contribution in [0.25, 0.3) is 0 Å². The molecule has 94 valence electrons. The summed E-state index contributed by atoms with van der Waals surface area (Å²) in [6.45, 7) is 1.95. The summed E-state index contributed by atoms with van der Waals surface area (Å²) in [6.07, 6.45) is 6.83. The van der Waals surface area contributed by atoms with E-state index < -0.39 is 0 Å². The number of halogens is 2. The van der Waals surface area contributed by atoms with Crippen molar-refractivity contribution in [3.8, 4) is 0 Å². The smallest absolute Gasteiger partial charge is 0.147 e. The molecule has 0 atom stereocenters. The summed E-state index contributed by atoms with van der Waals surface area (Å²) >= 11 is 11.4. The second-order valence-electron chi connectivity index (χ2n) is 4.40. The Bertz CT molecular complexity index is 371. The van der Waals surface area contributed by atoms with Crippen molar-refractivity contribution in [3.63, 3.8) is 0 Å². The topological polar surface area (TPSA) is 25.8 Å². The Morgan fingerprint density at radius 3 is 2.65 bits per heavy atom. The molecular weight excluding hydrogens is 320 g/mol. The van der Waals surface area contributed by atoms with Crippen LogP contribution >= 0.6 is 39.3 Å². The van der Waals surface area contributed by atoms with E-state index in [1.807, 2.05) is 18.7 Å². The minimum absolute atomic E-state index is 0.525. The van der Waals surface area contributed by atoms with Gasteiger partial charge in [0.05, 0.1) is 15.9 Å². The molecule has 1 aromatic heterocycles. The molecule has 17 heavy (non-hydrogen) atoms. The molecule has 0 radical (unpaired) electrons. The highest BCUT2D eigenvalue weighted by Crippen LogP contribution is 2.30. The van der Waals surface area contributed by atoms with Crippen LogP contribution in [0.5, 0.6) is 0 Å². The van der Waals surface area contributed by atoms with Crippen LogP contribution in [0.4, 0.5) is 0 Å². The van der Waals surface area contributed by atoms with Gasteiger partial charge in [-0.2, -0.15) is 11.8 Å². The lowest BCUT2D eigenvalue weighted by molar-refractivity contribution is 0.516. The molecule has 0 N–H and O–H groups in total. The first-order valence-corrected chi connectivity index (χ1v) is 8.19. The van der Waals surface area contributed by atoms with E-state index in [-0.39, 0.29) is 0 Å². The van der Waals surface area contributed by atoms with Gasteiger partial charge < -0.3 is 0 Å². The second kappa shape index (κ2) is 6.39. The molecular formula is C12H16BrClN2S. The maximum atomic E-state index is 6.03. The first-order chi connectivity index (χ1) is 8.16. The molecule has 1 aliphatic carbocycles. The zero-order chi connectivity index (χ0) is 12.3. The maximum Gasteiger partial charge on any atom is 0.147 e. The molecule has 0 unspecified atom stereocenters. The summed E-state index contributed by atoms with van der Waals surface area (Å²) in [5.41, 5.74) is 0.921. The maximum absolute atomic E-state index is 6.03. The summed E-state index contributed by atoms with van der Waals surface area (Å²) < 4.78 is 0.811. The van der Waals surface area contributed by atoms with Crippen molar-refractivity contribution < 1.29 is 0 Å². The Labute approximate surface area is 120 Å². The van der Waals surface area contributed by atoms with E-state index >= 15 is 0 Å². The number of aryl methyl sites for hydroxylation is 1. The van der Waals surface area contributed by atoms with E-state index in [2.05, 4.69) is 25.9 Å². The Hall–Kier alpha value is 0.200. The summed E-state index contributed by atoms with van der Waals surface area (Å²) in [4.78, 5) is 8.76. The molecule has 1 heterocycles. The molecule has 0 amide bonds. The zero-order valence-electron chi connectivity index (χ0n) is 9.88. The van der Waals surface area contributed by atoms with E-state index in [9.17, 15) is 0 Å². The Kier molecular flexibility index (Phi) is 5.12. The van der Waals surface area contributed by atoms with Crippen molar-refractivity contribution in [2.24, 2.45) is 0 Å². The summed E-state index contributed by atoms with van der Waals surface area (Å²) in [5, 5.41) is 1.31. The van der Waals surface area contributed by atoms with Crippen molar-refractivity contribution in [2.75, 3.05) is 0 Å². The summed E-state index contributed by atoms with van der Waals surface area (Å²) in [6, 6.07) is 0. The van der Waals surface area contributed by atoms with Crippen LogP contribution < -0.4 is 0 Å². The fourth-order valence-corrected chi connectivity index (χ4v) is 3.66. The Balaban J connectivity index is 1.94. The molecule has 1 fully saturated rings. The fourth-order valence-electron chi connectivity index (χ4n) is 2.07. The van der Waals surface area contributed by atoms with Gasteiger partial charge in [-0.1, -0.05) is 30.9 Å². The van der Waals surface area contributed by atoms with Gasteiger partial charge in [-0.3, -0.25) is 0 Å². The second-order valence-corrected chi connectivity index (χ2v) is 6.84. The number of hydrogen-bond donors (Lipinski definition) is 0. The first kappa shape index (κ1) is 13.6. The predicted molar refractivity (Wildman–Crippen MR) is 77.6 cm³/mol. The SMILES string of the molecule is Cc1nc(CSC2CCCCC2)nc(Cl)c1Br. The summed E-state index contributed by atoms with van der Waals surface area (Å²) in [5.74, 6) is 1.73. The van der Waals surface area contributed by atoms with Crippen molar-refractivity contribution in [1.29, 1.82) is 0 Å². The first-order valence-electron chi connectivity index (χ1n) is 5.97. The largest absolute Gasteiger partial charge is 0.236 e. The number of rotatable bonds is 3. The van der Waals surface area contributed by atoms with Gasteiger partial charge in [0, 0.05) is 5.25 Å². The number of thioether (sulfide) groups is 1. The molecule has 2 nitrogen and oxygen atoms in total. The number of nitrogens with zero attached hydrogens (tertiary/aromatic N) is 2. The molecule has 0 aromatic carbocycles. The van der Waals surface area contributed by atoms with E-state index in [0.717, 1.165) is 27.0 Å². The third-order valence-electron chi connectivity index (χ3n) is 3.02. The fraction of sp³-hybridized carbons (Fsp3) is 0.667. The van der Waals surface area contributed by atoms with Crippen molar-refractivity contribution in [1.82, 2.24) is 9.97 Å². The summed E-state index contributed by atoms with van der Waals surface area (Å²) in [7, 11) is 0. The van der Waals surface area contributed by atoms with Crippen molar-refractivity contribution >= 4 is 39.3 Å². The average molecular weight is 336 g/mol. The minimum Gasteiger partial charge on any atom is -0.236 e. The van der Waals surface area contributed by atoms with Crippen molar-refractivity contribution in [2.45, 2.75) is 50.0 Å². The average Bonchev–Trinajstić information content (AvgIpc) is 2.34. The van der Waals surface area contributed by atoms with E-state index in [0.29, 0.717) is 5.15 Å². The van der Waals surface area contributed by atoms with Crippen LogP contribution in [0, 0.1) is 6.92 Å². The third kappa shape index (κ3) is 3.83. The third-order valence-corrected chi connectivity index (χ3v) is 5.84. The van der Waals surface area contributed by atoms with Gasteiger partial charge >= 0.3 is 0 Å². The van der Waals surface area contributed by atoms with E-state index in [4.69, 9.17) is 11.6 Å². The van der Waals surface area contributed by atoms with Gasteiger partial charge in [0.2, 0.25) is 0 Å². The van der Waals surface area contributed by atoms with Crippen molar-refractivity contribution in [3.05, 3.63) is 21.1 Å². The molecule has 2 rings (SSSR count). The van der Waals surface area contributed by atoms with Gasteiger partial charge in [0.25, 0.3) is 0 Å². The van der Waals surface area contributed by atoms with E-state index in [1.165, 1.54) is 32.1 Å². The standard InChI is InChI=1S/C12H16BrClN2S/c1-8-11(13)12(14)16-10(15-8)7-17-9-5-3-2-4-6-9/h9H,2-7H2,1H3. The molecule has 0 saturated heterocycles. The number of hydrogen-bond acceptors (Lipinski definition) is 3. The molecule has 0 spiro atoms. The highest BCUT2D eigenvalue weighted by molar-refractivity contribution is 9.10. The highest BCUT2D eigenvalue weighted by Gasteiger charge is 2.15. The van der Waals surface area contributed by atoms with E-state index in [1.54, 1.807) is 0 Å². The lowest BCUT2D eigenvalue weighted by Crippen LogP contribution is -2.09. The lowest BCUT2D eigenvalue weighted by atomic mass is 10.0. The predicted octanol–water partition coefficient (Wildman–Crippen LogP) is 4.77. The molecule has 0 aliphatic heterocycles. The number of aromatic nitrogens is 2. The van der Waals surface area contributed by atoms with Gasteiger partial charge in [-0.05, 0) is 35.7 Å². The van der Waals surface area contributed by atoms with Gasteiger partial charge in [0.15, 0.2) is 0 Å². The molecule has 0 bridgehead atoms. The van der Waals surface area contributed by atoms with Crippen LogP contribution in [0.3, 0.4) is 0 Å². The molecule has 1 aromatic rings. The Morgan fingerprint density at radius 1 is 1.29 bits per heavy atom. The van der Waals surface area contributed by atoms with Crippen LogP contribution in [0.1, 0.15) is 43.6 Å².